The number of nitrogens with one attached hydrogen (secondary N) is 4. The summed E-state index contributed by atoms with van der Waals surface area (Å²) in [6.45, 7) is 2.16. The van der Waals surface area contributed by atoms with Crippen LogP contribution in [0.4, 0.5) is 11.5 Å². The molecule has 0 radical (unpaired) electrons. The summed E-state index contributed by atoms with van der Waals surface area (Å²) in [5, 5.41) is 18.9. The van der Waals surface area contributed by atoms with E-state index in [4.69, 9.17) is 9.72 Å². The monoisotopic (exact) mass is 493 g/mol. The van der Waals surface area contributed by atoms with Crippen molar-refractivity contribution in [3.05, 3.63) is 78.2 Å². The van der Waals surface area contributed by atoms with E-state index in [2.05, 4.69) is 54.3 Å². The van der Waals surface area contributed by atoms with E-state index in [1.165, 1.54) is 19.5 Å². The number of ether oxygens (including phenoxy) is 1. The minimum Gasteiger partial charge on any atom is -0.493 e. The van der Waals surface area contributed by atoms with Crippen LogP contribution < -0.4 is 20.8 Å². The van der Waals surface area contributed by atoms with Gasteiger partial charge < -0.3 is 20.4 Å². The van der Waals surface area contributed by atoms with Crippen LogP contribution >= 0.6 is 0 Å². The molecule has 4 aromatic rings. The molecule has 1 aliphatic heterocycles. The van der Waals surface area contributed by atoms with Crippen molar-refractivity contribution in [2.75, 3.05) is 17.7 Å². The fourth-order valence-corrected chi connectivity index (χ4v) is 4.43. The number of hydrogen-bond acceptors (Lipinski definition) is 9. The number of benzene rings is 1. The molecule has 4 N–H and O–H groups in total. The van der Waals surface area contributed by atoms with E-state index in [0.29, 0.717) is 28.8 Å². The molecule has 1 amide bonds. The van der Waals surface area contributed by atoms with Gasteiger partial charge in [-0.3, -0.25) is 10.2 Å². The third-order valence-electron chi connectivity index (χ3n) is 6.47. The number of fused-ring (bicyclic) bond motifs is 2. The highest BCUT2D eigenvalue weighted by molar-refractivity contribution is 6.06. The van der Waals surface area contributed by atoms with Gasteiger partial charge in [0.2, 0.25) is 0 Å². The van der Waals surface area contributed by atoms with Gasteiger partial charge in [0.15, 0.2) is 11.6 Å². The molecule has 4 heterocycles. The van der Waals surface area contributed by atoms with Crippen LogP contribution in [0.1, 0.15) is 17.4 Å². The predicted octanol–water partition coefficient (Wildman–Crippen LogP) is 3.71. The van der Waals surface area contributed by atoms with Crippen molar-refractivity contribution in [2.24, 2.45) is 16.9 Å². The zero-order valence-corrected chi connectivity index (χ0v) is 20.1. The Bertz CT molecular complexity index is 1600. The molecule has 37 heavy (non-hydrogen) atoms. The van der Waals surface area contributed by atoms with Gasteiger partial charge in [-0.2, -0.15) is 15.3 Å². The average molecular weight is 494 g/mol. The molecule has 6 rings (SSSR count). The number of hydrazone groups is 1. The number of allylic oxidation sites excluding steroid dienone is 4. The van der Waals surface area contributed by atoms with Crippen LogP contribution in [0, 0.1) is 11.8 Å². The lowest BCUT2D eigenvalue weighted by molar-refractivity contribution is 0.102. The van der Waals surface area contributed by atoms with Crippen molar-refractivity contribution in [2.45, 2.75) is 6.92 Å². The molecule has 3 aromatic heterocycles. The Morgan fingerprint density at radius 2 is 2.00 bits per heavy atom. The lowest BCUT2D eigenvalue weighted by Crippen LogP contribution is -2.24. The Hall–Kier alpha value is -5.06. The molecule has 0 bridgehead atoms. The smallest absolute Gasteiger partial charge is 0.272 e. The highest BCUT2D eigenvalue weighted by Crippen LogP contribution is 2.32. The van der Waals surface area contributed by atoms with E-state index in [-0.39, 0.29) is 17.7 Å². The van der Waals surface area contributed by atoms with E-state index in [1.807, 2.05) is 36.6 Å². The summed E-state index contributed by atoms with van der Waals surface area (Å²) in [5.74, 6) is 1.85. The standard InChI is InChI=1S/C26H23N9O2/c1-14-17-11-30-35-19(17)6-5-18(14)32-24-7-8-27-25(34-24)16-4-3-15-9-21(31-20(15)10-16)26(36)33-22-12-28-29-13-23(22)37-2/h3-14,17,31,35H,1-2H3,(H,27,32,34)(H,29,33,36). The van der Waals surface area contributed by atoms with E-state index in [0.717, 1.165) is 27.9 Å². The number of H-pyrrole nitrogens is 1. The Morgan fingerprint density at radius 3 is 2.89 bits per heavy atom. The largest absolute Gasteiger partial charge is 0.493 e. The summed E-state index contributed by atoms with van der Waals surface area (Å²) in [6.07, 6.45) is 10.6. The lowest BCUT2D eigenvalue weighted by atomic mass is 9.86. The molecule has 2 atom stereocenters. The zero-order valence-electron chi connectivity index (χ0n) is 20.1. The molecule has 11 nitrogen and oxygen atoms in total. The van der Waals surface area contributed by atoms with E-state index in [9.17, 15) is 4.79 Å². The molecule has 1 aliphatic carbocycles. The number of carbonyl (C=O) groups is 1. The van der Waals surface area contributed by atoms with Gasteiger partial charge in [-0.05, 0) is 30.4 Å². The Morgan fingerprint density at radius 1 is 1.11 bits per heavy atom. The molecular formula is C26H23N9O2. The first kappa shape index (κ1) is 22.4. The van der Waals surface area contributed by atoms with Crippen molar-refractivity contribution in [1.29, 1.82) is 0 Å². The summed E-state index contributed by atoms with van der Waals surface area (Å²) in [7, 11) is 1.51. The van der Waals surface area contributed by atoms with Crippen LogP contribution in [0.3, 0.4) is 0 Å². The first-order chi connectivity index (χ1) is 18.1. The fraction of sp³-hybridized carbons (Fsp3) is 0.154. The van der Waals surface area contributed by atoms with Crippen LogP contribution in [0.15, 0.2) is 77.6 Å². The van der Waals surface area contributed by atoms with Crippen LogP contribution in [0.5, 0.6) is 5.75 Å². The Labute approximate surface area is 211 Å². The fourth-order valence-electron chi connectivity index (χ4n) is 4.43. The number of carbonyl (C=O) groups excluding carboxylic acids is 1. The third-order valence-corrected chi connectivity index (χ3v) is 6.47. The maximum atomic E-state index is 12.8. The Kier molecular flexibility index (Phi) is 5.56. The maximum absolute atomic E-state index is 12.8. The van der Waals surface area contributed by atoms with Crippen molar-refractivity contribution >= 4 is 34.5 Å². The number of rotatable bonds is 6. The molecule has 2 aliphatic rings. The van der Waals surface area contributed by atoms with Crippen molar-refractivity contribution in [1.82, 2.24) is 30.6 Å². The van der Waals surface area contributed by atoms with E-state index < -0.39 is 0 Å². The molecule has 11 heteroatoms. The number of aromatic amines is 1. The quantitative estimate of drug-likeness (QED) is 0.318. The first-order valence-electron chi connectivity index (χ1n) is 11.7. The SMILES string of the molecule is COc1cnncc1NC(=O)c1cc2ccc(-c3nccc(NC4=CC=C5NN=CC5C4C)n3)cc2[nH]1. The van der Waals surface area contributed by atoms with Gasteiger partial charge in [0, 0.05) is 52.1 Å². The number of methoxy groups -OCH3 is 1. The lowest BCUT2D eigenvalue weighted by Gasteiger charge is -2.25. The highest BCUT2D eigenvalue weighted by atomic mass is 16.5. The van der Waals surface area contributed by atoms with Gasteiger partial charge >= 0.3 is 0 Å². The average Bonchev–Trinajstić information content (AvgIpc) is 3.58. The molecule has 0 spiro atoms. The molecule has 0 saturated heterocycles. The normalized spacial score (nSPS) is 18.0. The third kappa shape index (κ3) is 4.27. The van der Waals surface area contributed by atoms with Gasteiger partial charge in [0.25, 0.3) is 5.91 Å². The summed E-state index contributed by atoms with van der Waals surface area (Å²) in [4.78, 5) is 25.2. The van der Waals surface area contributed by atoms with E-state index >= 15 is 0 Å². The maximum Gasteiger partial charge on any atom is 0.272 e. The number of nitrogens with zero attached hydrogens (tertiary/aromatic N) is 5. The van der Waals surface area contributed by atoms with E-state index in [1.54, 1.807) is 12.3 Å². The number of anilines is 2. The summed E-state index contributed by atoms with van der Waals surface area (Å²) >= 11 is 0. The van der Waals surface area contributed by atoms with Gasteiger partial charge in [0.1, 0.15) is 17.2 Å². The van der Waals surface area contributed by atoms with Gasteiger partial charge in [-0.15, -0.1) is 0 Å². The first-order valence-corrected chi connectivity index (χ1v) is 11.7. The topological polar surface area (TPSA) is 142 Å². The minimum absolute atomic E-state index is 0.228. The second kappa shape index (κ2) is 9.19. The second-order valence-electron chi connectivity index (χ2n) is 8.75. The van der Waals surface area contributed by atoms with Crippen molar-refractivity contribution < 1.29 is 9.53 Å². The van der Waals surface area contributed by atoms with Crippen molar-refractivity contribution in [3.8, 4) is 17.1 Å². The number of aromatic nitrogens is 5. The van der Waals surface area contributed by atoms with Crippen LogP contribution in [-0.2, 0) is 0 Å². The van der Waals surface area contributed by atoms with Crippen LogP contribution in [0.25, 0.3) is 22.3 Å². The molecule has 2 unspecified atom stereocenters. The van der Waals surface area contributed by atoms with Crippen LogP contribution in [-0.4, -0.2) is 44.4 Å². The second-order valence-corrected chi connectivity index (χ2v) is 8.75. The Balaban J connectivity index is 1.23. The van der Waals surface area contributed by atoms with Crippen molar-refractivity contribution in [3.63, 3.8) is 0 Å². The summed E-state index contributed by atoms with van der Waals surface area (Å²) in [6, 6.07) is 9.42. The summed E-state index contributed by atoms with van der Waals surface area (Å²) in [5.41, 5.74) is 7.65. The number of amides is 1. The molecule has 0 fully saturated rings. The zero-order chi connectivity index (χ0) is 25.4. The molecule has 0 saturated carbocycles. The molecule has 184 valence electrons. The highest BCUT2D eigenvalue weighted by Gasteiger charge is 2.29. The van der Waals surface area contributed by atoms with Gasteiger partial charge in [-0.25, -0.2) is 9.97 Å². The summed E-state index contributed by atoms with van der Waals surface area (Å²) < 4.78 is 5.23. The number of hydrogen-bond donors (Lipinski definition) is 4. The van der Waals surface area contributed by atoms with Gasteiger partial charge in [-0.1, -0.05) is 19.1 Å². The molecule has 1 aromatic carbocycles. The predicted molar refractivity (Wildman–Crippen MR) is 140 cm³/mol. The molecular weight excluding hydrogens is 470 g/mol. The minimum atomic E-state index is -0.318. The van der Waals surface area contributed by atoms with Gasteiger partial charge in [0.05, 0.1) is 19.5 Å². The van der Waals surface area contributed by atoms with Crippen LogP contribution in [0.2, 0.25) is 0 Å².